The summed E-state index contributed by atoms with van der Waals surface area (Å²) in [4.78, 5) is 0. The first kappa shape index (κ1) is 13.8. The second-order valence-corrected chi connectivity index (χ2v) is 5.32. The molecule has 1 heterocycles. The van der Waals surface area contributed by atoms with E-state index in [0.29, 0.717) is 6.10 Å². The Bertz CT molecular complexity index is 219. The highest BCUT2D eigenvalue weighted by Gasteiger charge is 2.32. The molecule has 0 aromatic rings. The van der Waals surface area contributed by atoms with Gasteiger partial charge in [-0.2, -0.15) is 0 Å². The van der Waals surface area contributed by atoms with E-state index >= 15 is 0 Å². The summed E-state index contributed by atoms with van der Waals surface area (Å²) in [7, 11) is 0. The largest absolute Gasteiger partial charge is 0.377 e. The molecule has 0 aromatic carbocycles. The van der Waals surface area contributed by atoms with Crippen molar-refractivity contribution in [3.05, 3.63) is 11.6 Å². The van der Waals surface area contributed by atoms with E-state index in [1.807, 2.05) is 0 Å². The van der Waals surface area contributed by atoms with Crippen LogP contribution in [0.25, 0.3) is 0 Å². The Morgan fingerprint density at radius 1 is 1.38 bits per heavy atom. The molecule has 0 N–H and O–H groups in total. The minimum absolute atomic E-state index is 0.484. The van der Waals surface area contributed by atoms with Gasteiger partial charge in [0.1, 0.15) is 0 Å². The maximum atomic E-state index is 5.90. The first-order valence-electron chi connectivity index (χ1n) is 6.96. The summed E-state index contributed by atoms with van der Waals surface area (Å²) in [6.07, 6.45) is 9.14. The van der Waals surface area contributed by atoms with Crippen LogP contribution in [0.1, 0.15) is 59.8 Å². The Labute approximate surface area is 101 Å². The lowest BCUT2D eigenvalue weighted by atomic mass is 9.87. The molecule has 1 saturated heterocycles. The standard InChI is InChI=1S/C15H28O/c1-5-7-8-9-12(3)10-15-14(6-2)13(4)11-16-15/h9,13-15H,5-8,10-11H2,1-4H3/b12-9+. The van der Waals surface area contributed by atoms with Crippen LogP contribution in [0.2, 0.25) is 0 Å². The van der Waals surface area contributed by atoms with Gasteiger partial charge in [0.2, 0.25) is 0 Å². The van der Waals surface area contributed by atoms with Gasteiger partial charge >= 0.3 is 0 Å². The molecule has 1 nitrogen and oxygen atoms in total. The van der Waals surface area contributed by atoms with Gasteiger partial charge in [-0.25, -0.2) is 0 Å². The predicted octanol–water partition coefficient (Wildman–Crippen LogP) is 4.57. The number of hydrogen-bond donors (Lipinski definition) is 0. The normalized spacial score (nSPS) is 31.0. The van der Waals surface area contributed by atoms with Crippen LogP contribution >= 0.6 is 0 Å². The Kier molecular flexibility index (Phi) is 6.12. The molecule has 1 fully saturated rings. The quantitative estimate of drug-likeness (QED) is 0.474. The third-order valence-electron chi connectivity index (χ3n) is 3.83. The number of hydrogen-bond acceptors (Lipinski definition) is 1. The third kappa shape index (κ3) is 3.93. The van der Waals surface area contributed by atoms with Crippen molar-refractivity contribution in [1.29, 1.82) is 0 Å². The number of unbranched alkanes of at least 4 members (excludes halogenated alkanes) is 2. The van der Waals surface area contributed by atoms with Crippen LogP contribution in [0.3, 0.4) is 0 Å². The zero-order valence-corrected chi connectivity index (χ0v) is 11.5. The topological polar surface area (TPSA) is 9.23 Å². The zero-order chi connectivity index (χ0) is 12.0. The highest BCUT2D eigenvalue weighted by atomic mass is 16.5. The summed E-state index contributed by atoms with van der Waals surface area (Å²) in [6, 6.07) is 0. The molecule has 1 aliphatic heterocycles. The van der Waals surface area contributed by atoms with Crippen LogP contribution in [0.15, 0.2) is 11.6 Å². The fourth-order valence-corrected chi connectivity index (χ4v) is 2.72. The molecule has 1 heteroatoms. The smallest absolute Gasteiger partial charge is 0.0643 e. The Hall–Kier alpha value is -0.300. The lowest BCUT2D eigenvalue weighted by molar-refractivity contribution is 0.0895. The maximum absolute atomic E-state index is 5.90. The molecule has 3 atom stereocenters. The van der Waals surface area contributed by atoms with Crippen LogP contribution in [-0.4, -0.2) is 12.7 Å². The van der Waals surface area contributed by atoms with E-state index in [1.54, 1.807) is 0 Å². The van der Waals surface area contributed by atoms with Crippen LogP contribution in [0.5, 0.6) is 0 Å². The Balaban J connectivity index is 2.38. The van der Waals surface area contributed by atoms with Crippen molar-refractivity contribution >= 4 is 0 Å². The first-order chi connectivity index (χ1) is 7.69. The van der Waals surface area contributed by atoms with Crippen LogP contribution in [-0.2, 0) is 4.74 Å². The van der Waals surface area contributed by atoms with Crippen molar-refractivity contribution in [3.63, 3.8) is 0 Å². The summed E-state index contributed by atoms with van der Waals surface area (Å²) >= 11 is 0. The number of rotatable bonds is 6. The molecule has 0 aliphatic carbocycles. The molecular formula is C15H28O. The molecule has 0 amide bonds. The fraction of sp³-hybridized carbons (Fsp3) is 0.867. The van der Waals surface area contributed by atoms with Gasteiger partial charge in [-0.1, -0.05) is 51.7 Å². The minimum Gasteiger partial charge on any atom is -0.377 e. The fourth-order valence-electron chi connectivity index (χ4n) is 2.72. The molecule has 0 bridgehead atoms. The van der Waals surface area contributed by atoms with Crippen LogP contribution < -0.4 is 0 Å². The van der Waals surface area contributed by atoms with Gasteiger partial charge < -0.3 is 4.74 Å². The van der Waals surface area contributed by atoms with E-state index in [9.17, 15) is 0 Å². The van der Waals surface area contributed by atoms with E-state index < -0.39 is 0 Å². The SMILES string of the molecule is CCCC/C=C(\C)CC1OCC(C)C1CC. The monoisotopic (exact) mass is 224 g/mol. The number of ether oxygens (including phenoxy) is 1. The second-order valence-electron chi connectivity index (χ2n) is 5.32. The van der Waals surface area contributed by atoms with Gasteiger partial charge in [-0.15, -0.1) is 0 Å². The summed E-state index contributed by atoms with van der Waals surface area (Å²) < 4.78 is 5.90. The molecule has 94 valence electrons. The predicted molar refractivity (Wildman–Crippen MR) is 70.6 cm³/mol. The van der Waals surface area contributed by atoms with Gasteiger partial charge in [-0.05, 0) is 31.6 Å². The maximum Gasteiger partial charge on any atom is 0.0643 e. The average molecular weight is 224 g/mol. The molecule has 0 radical (unpaired) electrons. The van der Waals surface area contributed by atoms with Gasteiger partial charge in [0, 0.05) is 6.61 Å². The van der Waals surface area contributed by atoms with Crippen molar-refractivity contribution in [1.82, 2.24) is 0 Å². The second kappa shape index (κ2) is 7.11. The van der Waals surface area contributed by atoms with Crippen molar-refractivity contribution in [2.45, 2.75) is 65.9 Å². The summed E-state index contributed by atoms with van der Waals surface area (Å²) in [5, 5.41) is 0. The Morgan fingerprint density at radius 2 is 2.12 bits per heavy atom. The van der Waals surface area contributed by atoms with Crippen LogP contribution in [0.4, 0.5) is 0 Å². The minimum atomic E-state index is 0.484. The molecular weight excluding hydrogens is 196 g/mol. The average Bonchev–Trinajstić information content (AvgIpc) is 2.59. The lowest BCUT2D eigenvalue weighted by Gasteiger charge is -2.19. The molecule has 1 rings (SSSR count). The van der Waals surface area contributed by atoms with E-state index in [2.05, 4.69) is 33.8 Å². The number of allylic oxidation sites excluding steroid dienone is 1. The van der Waals surface area contributed by atoms with Gasteiger partial charge in [0.25, 0.3) is 0 Å². The van der Waals surface area contributed by atoms with Crippen LogP contribution in [0, 0.1) is 11.8 Å². The van der Waals surface area contributed by atoms with E-state index in [4.69, 9.17) is 4.74 Å². The van der Waals surface area contributed by atoms with Crippen molar-refractivity contribution in [3.8, 4) is 0 Å². The first-order valence-corrected chi connectivity index (χ1v) is 6.96. The van der Waals surface area contributed by atoms with E-state index in [-0.39, 0.29) is 0 Å². The third-order valence-corrected chi connectivity index (χ3v) is 3.83. The van der Waals surface area contributed by atoms with E-state index in [0.717, 1.165) is 24.9 Å². The lowest BCUT2D eigenvalue weighted by Crippen LogP contribution is -2.18. The summed E-state index contributed by atoms with van der Waals surface area (Å²) in [5.74, 6) is 1.52. The van der Waals surface area contributed by atoms with Crippen molar-refractivity contribution < 1.29 is 4.74 Å². The van der Waals surface area contributed by atoms with Gasteiger partial charge in [-0.3, -0.25) is 0 Å². The summed E-state index contributed by atoms with van der Waals surface area (Å²) in [5.41, 5.74) is 1.52. The highest BCUT2D eigenvalue weighted by molar-refractivity contribution is 5.02. The molecule has 1 aliphatic rings. The van der Waals surface area contributed by atoms with Gasteiger partial charge in [0.15, 0.2) is 0 Å². The van der Waals surface area contributed by atoms with Crippen molar-refractivity contribution in [2.75, 3.05) is 6.61 Å². The molecule has 0 aromatic heterocycles. The van der Waals surface area contributed by atoms with Gasteiger partial charge in [0.05, 0.1) is 6.10 Å². The molecule has 16 heavy (non-hydrogen) atoms. The molecule has 3 unspecified atom stereocenters. The Morgan fingerprint density at radius 3 is 2.75 bits per heavy atom. The molecule has 0 saturated carbocycles. The summed E-state index contributed by atoms with van der Waals surface area (Å²) in [6.45, 7) is 10.1. The van der Waals surface area contributed by atoms with Crippen molar-refractivity contribution in [2.24, 2.45) is 11.8 Å². The van der Waals surface area contributed by atoms with E-state index in [1.165, 1.54) is 31.3 Å². The zero-order valence-electron chi connectivity index (χ0n) is 11.5. The molecule has 0 spiro atoms. The highest BCUT2D eigenvalue weighted by Crippen LogP contribution is 2.32.